The number of ether oxygens (including phenoxy) is 1. The van der Waals surface area contributed by atoms with Gasteiger partial charge in [0.15, 0.2) is 0 Å². The van der Waals surface area contributed by atoms with Gasteiger partial charge in [0.05, 0.1) is 11.7 Å². The molecule has 0 saturated heterocycles. The number of fused-ring (bicyclic) bond motifs is 1. The SMILES string of the molecule is C[C@H]1C[C@@H](Nc2ccccc2)c2ccccc2N1C(=O)OCc1ccccc1. The Morgan fingerprint density at radius 3 is 2.36 bits per heavy atom. The minimum Gasteiger partial charge on any atom is -0.444 e. The van der Waals surface area contributed by atoms with Gasteiger partial charge in [-0.1, -0.05) is 66.7 Å². The molecule has 0 spiro atoms. The number of carbonyl (C=O) groups is 1. The average Bonchev–Trinajstić information content (AvgIpc) is 2.74. The molecule has 3 aromatic carbocycles. The number of hydrogen-bond donors (Lipinski definition) is 1. The fraction of sp³-hybridized carbons (Fsp3) is 0.208. The van der Waals surface area contributed by atoms with Crippen LogP contribution in [-0.4, -0.2) is 12.1 Å². The Kier molecular flexibility index (Phi) is 5.29. The largest absolute Gasteiger partial charge is 0.444 e. The summed E-state index contributed by atoms with van der Waals surface area (Å²) in [7, 11) is 0. The summed E-state index contributed by atoms with van der Waals surface area (Å²) in [5, 5.41) is 3.61. The molecule has 0 aliphatic carbocycles. The lowest BCUT2D eigenvalue weighted by Crippen LogP contribution is -2.44. The number of nitrogens with zero attached hydrogens (tertiary/aromatic N) is 1. The van der Waals surface area contributed by atoms with E-state index in [1.807, 2.05) is 66.7 Å². The van der Waals surface area contributed by atoms with Crippen molar-refractivity contribution in [3.05, 3.63) is 96.1 Å². The van der Waals surface area contributed by atoms with Gasteiger partial charge in [0.25, 0.3) is 0 Å². The van der Waals surface area contributed by atoms with Crippen LogP contribution in [0.2, 0.25) is 0 Å². The highest BCUT2D eigenvalue weighted by Crippen LogP contribution is 2.39. The van der Waals surface area contributed by atoms with Gasteiger partial charge in [-0.3, -0.25) is 4.90 Å². The molecule has 0 aromatic heterocycles. The minimum atomic E-state index is -0.304. The van der Waals surface area contributed by atoms with Gasteiger partial charge in [-0.15, -0.1) is 0 Å². The zero-order valence-corrected chi connectivity index (χ0v) is 15.9. The first-order valence-electron chi connectivity index (χ1n) is 9.63. The first kappa shape index (κ1) is 18.1. The van der Waals surface area contributed by atoms with Crippen molar-refractivity contribution in [3.63, 3.8) is 0 Å². The van der Waals surface area contributed by atoms with Crippen molar-refractivity contribution in [3.8, 4) is 0 Å². The van der Waals surface area contributed by atoms with Crippen molar-refractivity contribution in [1.82, 2.24) is 0 Å². The second-order valence-electron chi connectivity index (χ2n) is 7.12. The average molecular weight is 372 g/mol. The number of amides is 1. The normalized spacial score (nSPS) is 18.2. The number of nitrogens with one attached hydrogen (secondary N) is 1. The Morgan fingerprint density at radius 1 is 0.964 bits per heavy atom. The number of benzene rings is 3. The maximum absolute atomic E-state index is 12.9. The minimum absolute atomic E-state index is 0.0272. The second-order valence-corrected chi connectivity index (χ2v) is 7.12. The van der Waals surface area contributed by atoms with Gasteiger partial charge in [0, 0.05) is 11.7 Å². The Morgan fingerprint density at radius 2 is 1.61 bits per heavy atom. The van der Waals surface area contributed by atoms with Crippen LogP contribution >= 0.6 is 0 Å². The predicted molar refractivity (Wildman–Crippen MR) is 112 cm³/mol. The van der Waals surface area contributed by atoms with E-state index in [2.05, 4.69) is 30.4 Å². The van der Waals surface area contributed by atoms with E-state index in [0.29, 0.717) is 0 Å². The van der Waals surface area contributed by atoms with Crippen LogP contribution < -0.4 is 10.2 Å². The second kappa shape index (κ2) is 8.17. The zero-order valence-electron chi connectivity index (χ0n) is 15.9. The highest BCUT2D eigenvalue weighted by molar-refractivity contribution is 5.90. The monoisotopic (exact) mass is 372 g/mol. The molecule has 4 nitrogen and oxygen atoms in total. The lowest BCUT2D eigenvalue weighted by atomic mass is 9.92. The smallest absolute Gasteiger partial charge is 0.414 e. The number of rotatable bonds is 4. The maximum Gasteiger partial charge on any atom is 0.414 e. The number of anilines is 2. The Balaban J connectivity index is 1.54. The third kappa shape index (κ3) is 3.86. The molecule has 4 rings (SSSR count). The van der Waals surface area contributed by atoms with E-state index in [1.165, 1.54) is 0 Å². The third-order valence-corrected chi connectivity index (χ3v) is 5.11. The van der Waals surface area contributed by atoms with Crippen LogP contribution in [-0.2, 0) is 11.3 Å². The molecule has 3 aromatic rings. The molecule has 1 N–H and O–H groups in total. The Hall–Kier alpha value is -3.27. The molecule has 1 amide bonds. The van der Waals surface area contributed by atoms with Crippen LogP contribution in [0.4, 0.5) is 16.2 Å². The summed E-state index contributed by atoms with van der Waals surface area (Å²) in [6.45, 7) is 2.34. The van der Waals surface area contributed by atoms with Crippen molar-refractivity contribution in [2.45, 2.75) is 32.0 Å². The van der Waals surface area contributed by atoms with E-state index in [-0.39, 0.29) is 24.8 Å². The van der Waals surface area contributed by atoms with Crippen molar-refractivity contribution in [2.24, 2.45) is 0 Å². The molecule has 4 heteroatoms. The first-order valence-corrected chi connectivity index (χ1v) is 9.63. The van der Waals surface area contributed by atoms with E-state index in [9.17, 15) is 4.79 Å². The van der Waals surface area contributed by atoms with E-state index in [4.69, 9.17) is 4.74 Å². The molecule has 2 atom stereocenters. The van der Waals surface area contributed by atoms with Crippen molar-refractivity contribution < 1.29 is 9.53 Å². The number of hydrogen-bond acceptors (Lipinski definition) is 3. The standard InChI is InChI=1S/C24H24N2O2/c1-18-16-22(25-20-12-6-3-7-13-20)21-14-8-9-15-23(21)26(18)24(27)28-17-19-10-4-2-5-11-19/h2-15,18,22,25H,16-17H2,1H3/t18-,22+/m0/s1. The Bertz CT molecular complexity index is 928. The fourth-order valence-electron chi connectivity index (χ4n) is 3.75. The van der Waals surface area contributed by atoms with E-state index >= 15 is 0 Å². The van der Waals surface area contributed by atoms with Gasteiger partial charge in [-0.2, -0.15) is 0 Å². The third-order valence-electron chi connectivity index (χ3n) is 5.11. The van der Waals surface area contributed by atoms with Gasteiger partial charge >= 0.3 is 6.09 Å². The van der Waals surface area contributed by atoms with Crippen LogP contribution in [0.1, 0.15) is 30.5 Å². The summed E-state index contributed by atoms with van der Waals surface area (Å²) in [6, 6.07) is 28.2. The van der Waals surface area contributed by atoms with Gasteiger partial charge in [0.1, 0.15) is 6.61 Å². The molecule has 0 radical (unpaired) electrons. The molecule has 142 valence electrons. The van der Waals surface area contributed by atoms with Crippen molar-refractivity contribution >= 4 is 17.5 Å². The van der Waals surface area contributed by atoms with E-state index < -0.39 is 0 Å². The van der Waals surface area contributed by atoms with Crippen LogP contribution in [0.25, 0.3) is 0 Å². The highest BCUT2D eigenvalue weighted by Gasteiger charge is 2.34. The molecular formula is C24H24N2O2. The molecule has 0 saturated carbocycles. The van der Waals surface area contributed by atoms with Crippen molar-refractivity contribution in [2.75, 3.05) is 10.2 Å². The zero-order chi connectivity index (χ0) is 19.3. The van der Waals surface area contributed by atoms with Crippen LogP contribution in [0.15, 0.2) is 84.9 Å². The van der Waals surface area contributed by atoms with Gasteiger partial charge in [0.2, 0.25) is 0 Å². The molecule has 0 bridgehead atoms. The summed E-state index contributed by atoms with van der Waals surface area (Å²) < 4.78 is 5.61. The van der Waals surface area contributed by atoms with Crippen LogP contribution in [0, 0.1) is 0 Å². The van der Waals surface area contributed by atoms with Crippen LogP contribution in [0.5, 0.6) is 0 Å². The van der Waals surface area contributed by atoms with Crippen molar-refractivity contribution in [1.29, 1.82) is 0 Å². The summed E-state index contributed by atoms with van der Waals surface area (Å²) >= 11 is 0. The molecule has 1 heterocycles. The van der Waals surface area contributed by atoms with Gasteiger partial charge in [-0.05, 0) is 42.7 Å². The lowest BCUT2D eigenvalue weighted by Gasteiger charge is -2.39. The van der Waals surface area contributed by atoms with E-state index in [0.717, 1.165) is 28.9 Å². The first-order chi connectivity index (χ1) is 13.7. The van der Waals surface area contributed by atoms with Crippen LogP contribution in [0.3, 0.4) is 0 Å². The topological polar surface area (TPSA) is 41.6 Å². The summed E-state index contributed by atoms with van der Waals surface area (Å²) in [5.74, 6) is 0. The molecule has 0 fully saturated rings. The molecule has 28 heavy (non-hydrogen) atoms. The molecule has 0 unspecified atom stereocenters. The molecular weight excluding hydrogens is 348 g/mol. The van der Waals surface area contributed by atoms with E-state index in [1.54, 1.807) is 4.90 Å². The summed E-state index contributed by atoms with van der Waals surface area (Å²) in [5.41, 5.74) is 4.08. The Labute approximate surface area is 165 Å². The van der Waals surface area contributed by atoms with Gasteiger partial charge in [-0.25, -0.2) is 4.79 Å². The summed E-state index contributed by atoms with van der Waals surface area (Å²) in [4.78, 5) is 14.7. The number of carbonyl (C=O) groups excluding carboxylic acids is 1. The molecule has 1 aliphatic rings. The fourth-order valence-corrected chi connectivity index (χ4v) is 3.75. The highest BCUT2D eigenvalue weighted by atomic mass is 16.6. The lowest BCUT2D eigenvalue weighted by molar-refractivity contribution is 0.144. The predicted octanol–water partition coefficient (Wildman–Crippen LogP) is 5.78. The summed E-state index contributed by atoms with van der Waals surface area (Å²) in [6.07, 6.45) is 0.508. The van der Waals surface area contributed by atoms with Gasteiger partial charge < -0.3 is 10.1 Å². The maximum atomic E-state index is 12.9. The molecule has 1 aliphatic heterocycles. The number of para-hydroxylation sites is 2. The quantitative estimate of drug-likeness (QED) is 0.632.